The van der Waals surface area contributed by atoms with Crippen molar-refractivity contribution in [2.45, 2.75) is 32.2 Å². The Hall–Kier alpha value is -1.51. The molecular weight excluding hydrogens is 202 g/mol. The molecule has 1 aliphatic rings. The molecule has 0 spiro atoms. The van der Waals surface area contributed by atoms with E-state index in [4.69, 9.17) is 4.74 Å². The van der Waals surface area contributed by atoms with Crippen LogP contribution in [0.5, 0.6) is 0 Å². The van der Waals surface area contributed by atoms with E-state index in [0.29, 0.717) is 0 Å². The molecule has 1 unspecified atom stereocenters. The molecule has 0 saturated heterocycles. The summed E-state index contributed by atoms with van der Waals surface area (Å²) in [4.78, 5) is 11.7. The number of anilines is 1. The summed E-state index contributed by atoms with van der Waals surface area (Å²) in [5.41, 5.74) is 2.99. The van der Waals surface area contributed by atoms with E-state index in [-0.39, 0.29) is 5.97 Å². The first-order chi connectivity index (χ1) is 7.55. The molecular formula is C13H17NO2. The van der Waals surface area contributed by atoms with Gasteiger partial charge in [0.1, 0.15) is 5.54 Å². The third-order valence-corrected chi connectivity index (χ3v) is 3.20. The Kier molecular flexibility index (Phi) is 2.62. The topological polar surface area (TPSA) is 38.3 Å². The van der Waals surface area contributed by atoms with Crippen LogP contribution in [0.2, 0.25) is 0 Å². The Bertz CT molecular complexity index is 428. The van der Waals surface area contributed by atoms with Crippen LogP contribution in [-0.4, -0.2) is 18.6 Å². The maximum atomic E-state index is 11.7. The van der Waals surface area contributed by atoms with Gasteiger partial charge in [-0.2, -0.15) is 0 Å². The van der Waals surface area contributed by atoms with E-state index < -0.39 is 5.54 Å². The van der Waals surface area contributed by atoms with Gasteiger partial charge in [-0.15, -0.1) is 0 Å². The molecule has 1 atom stereocenters. The molecule has 1 N–H and O–H groups in total. The lowest BCUT2D eigenvalue weighted by molar-refractivity contribution is -0.145. The second-order valence-electron chi connectivity index (χ2n) is 4.61. The standard InChI is InChI=1S/C13H17NO2/c1-9-4-5-11-10(8-9)6-7-13(2,14-11)12(15)16-3/h4-5,8,14H,6-7H2,1-3H3. The summed E-state index contributed by atoms with van der Waals surface area (Å²) in [6, 6.07) is 6.25. The number of methoxy groups -OCH3 is 1. The largest absolute Gasteiger partial charge is 0.467 e. The normalized spacial score (nSPS) is 23.2. The Labute approximate surface area is 95.8 Å². The molecule has 1 aromatic carbocycles. The molecule has 2 rings (SSSR count). The van der Waals surface area contributed by atoms with Crippen LogP contribution in [0.4, 0.5) is 5.69 Å². The molecule has 1 heterocycles. The van der Waals surface area contributed by atoms with Gasteiger partial charge in [-0.05, 0) is 38.3 Å². The van der Waals surface area contributed by atoms with Crippen LogP contribution in [-0.2, 0) is 16.0 Å². The van der Waals surface area contributed by atoms with Crippen LogP contribution in [0.3, 0.4) is 0 Å². The van der Waals surface area contributed by atoms with Gasteiger partial charge in [0.2, 0.25) is 0 Å². The number of rotatable bonds is 1. The molecule has 0 amide bonds. The maximum Gasteiger partial charge on any atom is 0.331 e. The maximum absolute atomic E-state index is 11.7. The van der Waals surface area contributed by atoms with Crippen LogP contribution in [0.1, 0.15) is 24.5 Å². The SMILES string of the molecule is COC(=O)C1(C)CCc2cc(C)ccc2N1. The third-order valence-electron chi connectivity index (χ3n) is 3.20. The van der Waals surface area contributed by atoms with Crippen molar-refractivity contribution >= 4 is 11.7 Å². The first-order valence-corrected chi connectivity index (χ1v) is 5.51. The van der Waals surface area contributed by atoms with Gasteiger partial charge in [0.05, 0.1) is 7.11 Å². The van der Waals surface area contributed by atoms with E-state index in [1.54, 1.807) is 0 Å². The number of fused-ring (bicyclic) bond motifs is 1. The molecule has 0 aliphatic carbocycles. The quantitative estimate of drug-likeness (QED) is 0.736. The highest BCUT2D eigenvalue weighted by molar-refractivity contribution is 5.85. The molecule has 16 heavy (non-hydrogen) atoms. The zero-order valence-corrected chi connectivity index (χ0v) is 9.96. The van der Waals surface area contributed by atoms with Gasteiger partial charge in [-0.25, -0.2) is 4.79 Å². The van der Waals surface area contributed by atoms with Gasteiger partial charge in [0, 0.05) is 5.69 Å². The minimum Gasteiger partial charge on any atom is -0.467 e. The van der Waals surface area contributed by atoms with Gasteiger partial charge in [-0.1, -0.05) is 17.7 Å². The molecule has 3 heteroatoms. The number of hydrogen-bond donors (Lipinski definition) is 1. The Morgan fingerprint density at radius 1 is 1.50 bits per heavy atom. The van der Waals surface area contributed by atoms with E-state index in [2.05, 4.69) is 24.4 Å². The molecule has 0 bridgehead atoms. The highest BCUT2D eigenvalue weighted by Crippen LogP contribution is 2.31. The number of carbonyl (C=O) groups excluding carboxylic acids is 1. The third kappa shape index (κ3) is 1.77. The summed E-state index contributed by atoms with van der Waals surface area (Å²) in [5, 5.41) is 3.28. The number of nitrogens with one attached hydrogen (secondary N) is 1. The smallest absolute Gasteiger partial charge is 0.331 e. The van der Waals surface area contributed by atoms with E-state index in [9.17, 15) is 4.79 Å². The van der Waals surface area contributed by atoms with Gasteiger partial charge < -0.3 is 10.1 Å². The van der Waals surface area contributed by atoms with Crippen molar-refractivity contribution in [1.82, 2.24) is 0 Å². The predicted octanol–water partition coefficient (Wildman–Crippen LogP) is 2.28. The Morgan fingerprint density at radius 3 is 2.94 bits per heavy atom. The number of esters is 1. The molecule has 1 aliphatic heterocycles. The second kappa shape index (κ2) is 3.81. The fourth-order valence-corrected chi connectivity index (χ4v) is 2.17. The number of carbonyl (C=O) groups is 1. The van der Waals surface area contributed by atoms with Crippen LogP contribution < -0.4 is 5.32 Å². The monoisotopic (exact) mass is 219 g/mol. The molecule has 3 nitrogen and oxygen atoms in total. The average Bonchev–Trinajstić information content (AvgIpc) is 2.28. The van der Waals surface area contributed by atoms with E-state index in [0.717, 1.165) is 18.5 Å². The second-order valence-corrected chi connectivity index (χ2v) is 4.61. The Morgan fingerprint density at radius 2 is 2.25 bits per heavy atom. The fraction of sp³-hybridized carbons (Fsp3) is 0.462. The van der Waals surface area contributed by atoms with Crippen molar-refractivity contribution in [3.05, 3.63) is 29.3 Å². The number of ether oxygens (including phenoxy) is 1. The predicted molar refractivity (Wildman–Crippen MR) is 63.5 cm³/mol. The molecule has 0 fully saturated rings. The lowest BCUT2D eigenvalue weighted by Gasteiger charge is -2.34. The van der Waals surface area contributed by atoms with Gasteiger partial charge >= 0.3 is 5.97 Å². The van der Waals surface area contributed by atoms with Crippen molar-refractivity contribution in [2.24, 2.45) is 0 Å². The molecule has 0 radical (unpaired) electrons. The lowest BCUT2D eigenvalue weighted by Crippen LogP contribution is -2.46. The van der Waals surface area contributed by atoms with Crippen molar-refractivity contribution in [3.63, 3.8) is 0 Å². The average molecular weight is 219 g/mol. The first-order valence-electron chi connectivity index (χ1n) is 5.51. The molecule has 86 valence electrons. The van der Waals surface area contributed by atoms with E-state index >= 15 is 0 Å². The number of hydrogen-bond acceptors (Lipinski definition) is 3. The summed E-state index contributed by atoms with van der Waals surface area (Å²) < 4.78 is 4.83. The first kappa shape index (κ1) is 11.0. The minimum absolute atomic E-state index is 0.196. The zero-order valence-electron chi connectivity index (χ0n) is 9.96. The molecule has 1 aromatic rings. The highest BCUT2D eigenvalue weighted by Gasteiger charge is 2.37. The van der Waals surface area contributed by atoms with Crippen LogP contribution in [0.25, 0.3) is 0 Å². The van der Waals surface area contributed by atoms with Crippen molar-refractivity contribution in [3.8, 4) is 0 Å². The van der Waals surface area contributed by atoms with Crippen molar-refractivity contribution in [2.75, 3.05) is 12.4 Å². The summed E-state index contributed by atoms with van der Waals surface area (Å²) in [6.45, 7) is 3.97. The summed E-state index contributed by atoms with van der Waals surface area (Å²) >= 11 is 0. The molecule has 0 saturated carbocycles. The summed E-state index contributed by atoms with van der Waals surface area (Å²) in [6.07, 6.45) is 1.69. The van der Waals surface area contributed by atoms with E-state index in [1.165, 1.54) is 18.2 Å². The zero-order chi connectivity index (χ0) is 11.8. The van der Waals surface area contributed by atoms with Gasteiger partial charge in [-0.3, -0.25) is 0 Å². The van der Waals surface area contributed by atoms with Crippen molar-refractivity contribution < 1.29 is 9.53 Å². The minimum atomic E-state index is -0.586. The van der Waals surface area contributed by atoms with Crippen LogP contribution in [0, 0.1) is 6.92 Å². The lowest BCUT2D eigenvalue weighted by atomic mass is 9.87. The highest BCUT2D eigenvalue weighted by atomic mass is 16.5. The molecule has 0 aromatic heterocycles. The fourth-order valence-electron chi connectivity index (χ4n) is 2.17. The van der Waals surface area contributed by atoms with Crippen LogP contribution >= 0.6 is 0 Å². The number of aryl methyl sites for hydroxylation is 2. The summed E-state index contributed by atoms with van der Waals surface area (Å²) in [7, 11) is 1.43. The van der Waals surface area contributed by atoms with Crippen LogP contribution in [0.15, 0.2) is 18.2 Å². The van der Waals surface area contributed by atoms with Gasteiger partial charge in [0.15, 0.2) is 0 Å². The summed E-state index contributed by atoms with van der Waals surface area (Å²) in [5.74, 6) is -0.196. The van der Waals surface area contributed by atoms with Crippen molar-refractivity contribution in [1.29, 1.82) is 0 Å². The van der Waals surface area contributed by atoms with E-state index in [1.807, 2.05) is 13.0 Å². The van der Waals surface area contributed by atoms with Gasteiger partial charge in [0.25, 0.3) is 0 Å². The number of benzene rings is 1. The Balaban J connectivity index is 2.30.